The number of nitrogens with zero attached hydrogens (tertiary/aromatic N) is 1. The number of carbonyl (C=O) groups is 1. The van der Waals surface area contributed by atoms with Gasteiger partial charge in [0.1, 0.15) is 0 Å². The van der Waals surface area contributed by atoms with Crippen LogP contribution in [0.4, 0.5) is 0 Å². The van der Waals surface area contributed by atoms with E-state index in [-0.39, 0.29) is 18.5 Å². The van der Waals surface area contributed by atoms with Crippen molar-refractivity contribution in [1.82, 2.24) is 4.90 Å². The molecule has 1 fully saturated rings. The molecule has 1 aliphatic rings. The summed E-state index contributed by atoms with van der Waals surface area (Å²) in [5.41, 5.74) is 0. The molecule has 0 amide bonds. The normalized spacial score (nSPS) is 23.4. The molecule has 1 saturated heterocycles. The van der Waals surface area contributed by atoms with E-state index in [1.165, 1.54) is 0 Å². The number of rotatable bonds is 4. The number of ether oxygens (including phenoxy) is 1. The number of aliphatic hydroxyl groups excluding tert-OH is 1. The molecule has 0 radical (unpaired) electrons. The van der Waals surface area contributed by atoms with Crippen LogP contribution in [0.5, 0.6) is 0 Å². The van der Waals surface area contributed by atoms with Gasteiger partial charge >= 0.3 is 5.97 Å². The molecule has 0 bridgehead atoms. The average Bonchev–Trinajstić information content (AvgIpc) is 2.19. The van der Waals surface area contributed by atoms with Gasteiger partial charge < -0.3 is 14.7 Å². The molecule has 0 saturated carbocycles. The van der Waals surface area contributed by atoms with Crippen LogP contribution in [0.2, 0.25) is 0 Å². The Morgan fingerprint density at radius 3 is 3.07 bits per heavy atom. The molecule has 1 atom stereocenters. The van der Waals surface area contributed by atoms with Gasteiger partial charge in [0.2, 0.25) is 0 Å². The van der Waals surface area contributed by atoms with Gasteiger partial charge in [-0.25, -0.2) is 0 Å². The van der Waals surface area contributed by atoms with E-state index in [1.807, 2.05) is 6.92 Å². The maximum Gasteiger partial charge on any atom is 0.310 e. The van der Waals surface area contributed by atoms with E-state index in [9.17, 15) is 4.79 Å². The molecule has 0 aromatic carbocycles. The smallest absolute Gasteiger partial charge is 0.310 e. The fourth-order valence-corrected chi connectivity index (χ4v) is 1.85. The van der Waals surface area contributed by atoms with Gasteiger partial charge in [-0.15, -0.1) is 0 Å². The molecule has 1 unspecified atom stereocenters. The van der Waals surface area contributed by atoms with E-state index in [4.69, 9.17) is 9.84 Å². The summed E-state index contributed by atoms with van der Waals surface area (Å²) in [5, 5.41) is 8.79. The second-order valence-electron chi connectivity index (χ2n) is 3.62. The number of piperidine rings is 1. The van der Waals surface area contributed by atoms with Crippen LogP contribution >= 0.6 is 0 Å². The lowest BCUT2D eigenvalue weighted by Gasteiger charge is -2.30. The second-order valence-corrected chi connectivity index (χ2v) is 3.62. The van der Waals surface area contributed by atoms with Gasteiger partial charge in [0.15, 0.2) is 0 Å². The lowest BCUT2D eigenvalue weighted by molar-refractivity contribution is -0.150. The Morgan fingerprint density at radius 2 is 2.43 bits per heavy atom. The van der Waals surface area contributed by atoms with Crippen molar-refractivity contribution in [3.05, 3.63) is 0 Å². The topological polar surface area (TPSA) is 49.8 Å². The summed E-state index contributed by atoms with van der Waals surface area (Å²) in [6.07, 6.45) is 1.93. The molecule has 0 spiro atoms. The van der Waals surface area contributed by atoms with Crippen molar-refractivity contribution in [1.29, 1.82) is 0 Å². The van der Waals surface area contributed by atoms with Gasteiger partial charge in [-0.1, -0.05) is 0 Å². The molecule has 1 heterocycles. The Balaban J connectivity index is 2.35. The number of likely N-dealkylation sites (tertiary alicyclic amines) is 1. The van der Waals surface area contributed by atoms with Crippen molar-refractivity contribution in [2.24, 2.45) is 5.92 Å². The summed E-state index contributed by atoms with van der Waals surface area (Å²) in [6, 6.07) is 0. The first-order valence-corrected chi connectivity index (χ1v) is 5.27. The van der Waals surface area contributed by atoms with Crippen LogP contribution in [0.25, 0.3) is 0 Å². The second kappa shape index (κ2) is 5.98. The Hall–Kier alpha value is -0.610. The predicted octanol–water partition coefficient (Wildman–Crippen LogP) is 0.254. The van der Waals surface area contributed by atoms with Gasteiger partial charge in [0.25, 0.3) is 0 Å². The van der Waals surface area contributed by atoms with Crippen molar-refractivity contribution >= 4 is 5.97 Å². The standard InChI is InChI=1S/C10H19NO3/c1-2-14-10(13)9-4-3-5-11(8-9)6-7-12/h9,12H,2-8H2,1H3. The number of hydrogen-bond donors (Lipinski definition) is 1. The van der Waals surface area contributed by atoms with Crippen LogP contribution in [0, 0.1) is 5.92 Å². The van der Waals surface area contributed by atoms with Crippen molar-refractivity contribution < 1.29 is 14.6 Å². The minimum Gasteiger partial charge on any atom is -0.466 e. The largest absolute Gasteiger partial charge is 0.466 e. The first-order chi connectivity index (χ1) is 6.77. The van der Waals surface area contributed by atoms with Gasteiger partial charge in [0.05, 0.1) is 19.1 Å². The van der Waals surface area contributed by atoms with E-state index < -0.39 is 0 Å². The molecule has 14 heavy (non-hydrogen) atoms. The van der Waals surface area contributed by atoms with Gasteiger partial charge in [-0.05, 0) is 26.3 Å². The van der Waals surface area contributed by atoms with Gasteiger partial charge in [0, 0.05) is 13.1 Å². The number of esters is 1. The Bertz CT molecular complexity index is 182. The molecule has 82 valence electrons. The summed E-state index contributed by atoms with van der Waals surface area (Å²) in [7, 11) is 0. The summed E-state index contributed by atoms with van der Waals surface area (Å²) in [5.74, 6) is -0.0783. The minimum atomic E-state index is -0.0878. The predicted molar refractivity (Wildman–Crippen MR) is 52.9 cm³/mol. The van der Waals surface area contributed by atoms with E-state index >= 15 is 0 Å². The minimum absolute atomic E-state index is 0.00949. The molecule has 1 rings (SSSR count). The van der Waals surface area contributed by atoms with Crippen LogP contribution in [0.1, 0.15) is 19.8 Å². The molecule has 4 nitrogen and oxygen atoms in total. The summed E-state index contributed by atoms with van der Waals surface area (Å²) in [4.78, 5) is 13.6. The average molecular weight is 201 g/mol. The molecule has 0 aromatic rings. The number of aliphatic hydroxyl groups is 1. The zero-order chi connectivity index (χ0) is 10.4. The van der Waals surface area contributed by atoms with Gasteiger partial charge in [-0.3, -0.25) is 4.79 Å². The summed E-state index contributed by atoms with van der Waals surface area (Å²) >= 11 is 0. The lowest BCUT2D eigenvalue weighted by atomic mass is 9.98. The highest BCUT2D eigenvalue weighted by Crippen LogP contribution is 2.17. The third-order valence-electron chi connectivity index (χ3n) is 2.54. The highest BCUT2D eigenvalue weighted by Gasteiger charge is 2.26. The van der Waals surface area contributed by atoms with Gasteiger partial charge in [-0.2, -0.15) is 0 Å². The summed E-state index contributed by atoms with van der Waals surface area (Å²) in [6.45, 7) is 4.82. The first-order valence-electron chi connectivity index (χ1n) is 5.27. The first kappa shape index (κ1) is 11.5. The summed E-state index contributed by atoms with van der Waals surface area (Å²) < 4.78 is 4.98. The Labute approximate surface area is 84.8 Å². The maximum absolute atomic E-state index is 11.4. The number of β-amino-alcohol motifs (C(OH)–C–C–N with tert-alkyl or cyclic N) is 1. The van der Waals surface area contributed by atoms with E-state index in [0.717, 1.165) is 25.9 Å². The quantitative estimate of drug-likeness (QED) is 0.663. The van der Waals surface area contributed by atoms with Crippen LogP contribution in [0.3, 0.4) is 0 Å². The molecule has 0 aromatic heterocycles. The molecule has 4 heteroatoms. The Kier molecular flexibility index (Phi) is 4.90. The third kappa shape index (κ3) is 3.27. The van der Waals surface area contributed by atoms with Crippen LogP contribution in [0.15, 0.2) is 0 Å². The van der Waals surface area contributed by atoms with E-state index in [0.29, 0.717) is 13.2 Å². The lowest BCUT2D eigenvalue weighted by Crippen LogP contribution is -2.40. The van der Waals surface area contributed by atoms with Crippen molar-refractivity contribution in [3.63, 3.8) is 0 Å². The zero-order valence-electron chi connectivity index (χ0n) is 8.74. The van der Waals surface area contributed by atoms with Crippen molar-refractivity contribution in [3.8, 4) is 0 Å². The van der Waals surface area contributed by atoms with Crippen molar-refractivity contribution in [2.75, 3.05) is 32.8 Å². The molecule has 1 N–H and O–H groups in total. The number of hydrogen-bond acceptors (Lipinski definition) is 4. The SMILES string of the molecule is CCOC(=O)C1CCCN(CCO)C1. The highest BCUT2D eigenvalue weighted by atomic mass is 16.5. The molecule has 0 aliphatic carbocycles. The van der Waals surface area contributed by atoms with Crippen molar-refractivity contribution in [2.45, 2.75) is 19.8 Å². The fourth-order valence-electron chi connectivity index (χ4n) is 1.85. The van der Waals surface area contributed by atoms with Crippen LogP contribution < -0.4 is 0 Å². The zero-order valence-corrected chi connectivity index (χ0v) is 8.74. The van der Waals surface area contributed by atoms with Crippen LogP contribution in [-0.2, 0) is 9.53 Å². The third-order valence-corrected chi connectivity index (χ3v) is 2.54. The van der Waals surface area contributed by atoms with E-state index in [1.54, 1.807) is 0 Å². The highest BCUT2D eigenvalue weighted by molar-refractivity contribution is 5.72. The van der Waals surface area contributed by atoms with E-state index in [2.05, 4.69) is 4.90 Å². The molecular formula is C10H19NO3. The fraction of sp³-hybridized carbons (Fsp3) is 0.900. The Morgan fingerprint density at radius 1 is 1.64 bits per heavy atom. The number of carbonyl (C=O) groups excluding carboxylic acids is 1. The monoisotopic (exact) mass is 201 g/mol. The molecule has 1 aliphatic heterocycles. The maximum atomic E-state index is 11.4. The van der Waals surface area contributed by atoms with Crippen LogP contribution in [-0.4, -0.2) is 48.8 Å². The molecular weight excluding hydrogens is 182 g/mol.